The Labute approximate surface area is 105 Å². The molecular weight excluding hydrogens is 212 g/mol. The summed E-state index contributed by atoms with van der Waals surface area (Å²) in [6.07, 6.45) is 1.18. The zero-order chi connectivity index (χ0) is 12.8. The van der Waals surface area contributed by atoms with E-state index in [9.17, 15) is 0 Å². The fraction of sp³-hybridized carbons (Fsp3) is 0.714. The molecule has 0 spiro atoms. The van der Waals surface area contributed by atoms with Gasteiger partial charge in [-0.05, 0) is 33.0 Å². The summed E-state index contributed by atoms with van der Waals surface area (Å²) in [5.74, 6) is 2.11. The minimum atomic E-state index is 0.510. The molecule has 1 aromatic rings. The minimum absolute atomic E-state index is 0.510. The molecule has 3 nitrogen and oxygen atoms in total. The van der Waals surface area contributed by atoms with E-state index in [-0.39, 0.29) is 0 Å². The van der Waals surface area contributed by atoms with Crippen LogP contribution in [-0.2, 0) is 13.1 Å². The second kappa shape index (κ2) is 6.82. The van der Waals surface area contributed by atoms with Gasteiger partial charge in [0.2, 0.25) is 0 Å². The van der Waals surface area contributed by atoms with Crippen molar-refractivity contribution in [3.8, 4) is 0 Å². The van der Waals surface area contributed by atoms with Crippen LogP contribution in [0.1, 0.15) is 44.3 Å². The van der Waals surface area contributed by atoms with Gasteiger partial charge >= 0.3 is 0 Å². The molecule has 0 aromatic carbocycles. The molecule has 0 bridgehead atoms. The van der Waals surface area contributed by atoms with Gasteiger partial charge in [-0.15, -0.1) is 0 Å². The van der Waals surface area contributed by atoms with Gasteiger partial charge in [-0.3, -0.25) is 4.90 Å². The Morgan fingerprint density at radius 1 is 1.41 bits per heavy atom. The molecule has 0 saturated heterocycles. The molecule has 1 rings (SSSR count). The lowest BCUT2D eigenvalue weighted by Gasteiger charge is -2.12. The first-order valence-electron chi connectivity index (χ1n) is 6.53. The van der Waals surface area contributed by atoms with Gasteiger partial charge in [0.25, 0.3) is 0 Å². The monoisotopic (exact) mass is 238 g/mol. The van der Waals surface area contributed by atoms with Crippen molar-refractivity contribution in [2.24, 2.45) is 0 Å². The van der Waals surface area contributed by atoms with Gasteiger partial charge in [0.15, 0.2) is 0 Å². The Morgan fingerprint density at radius 2 is 2.12 bits per heavy atom. The van der Waals surface area contributed by atoms with Gasteiger partial charge in [0, 0.05) is 18.2 Å². The minimum Gasteiger partial charge on any atom is -0.465 e. The molecule has 0 aliphatic carbocycles. The first-order chi connectivity index (χ1) is 8.02. The molecule has 0 amide bonds. The van der Waals surface area contributed by atoms with E-state index in [1.165, 1.54) is 12.0 Å². The highest BCUT2D eigenvalue weighted by molar-refractivity contribution is 5.20. The van der Waals surface area contributed by atoms with E-state index in [2.05, 4.69) is 44.1 Å². The number of aryl methyl sites for hydroxylation is 1. The van der Waals surface area contributed by atoms with Crippen LogP contribution in [0.5, 0.6) is 0 Å². The predicted molar refractivity (Wildman–Crippen MR) is 72.0 cm³/mol. The number of hydrogen-bond donors (Lipinski definition) is 1. The summed E-state index contributed by atoms with van der Waals surface area (Å²) in [5.41, 5.74) is 1.28. The highest BCUT2D eigenvalue weighted by Gasteiger charge is 2.09. The quantitative estimate of drug-likeness (QED) is 0.791. The van der Waals surface area contributed by atoms with Crippen molar-refractivity contribution in [1.82, 2.24) is 10.2 Å². The topological polar surface area (TPSA) is 28.4 Å². The fourth-order valence-electron chi connectivity index (χ4n) is 1.88. The van der Waals surface area contributed by atoms with Crippen LogP contribution in [0.4, 0.5) is 0 Å². The summed E-state index contributed by atoms with van der Waals surface area (Å²) in [6.45, 7) is 11.5. The largest absolute Gasteiger partial charge is 0.465 e. The Morgan fingerprint density at radius 3 is 2.71 bits per heavy atom. The highest BCUT2D eigenvalue weighted by Crippen LogP contribution is 2.16. The van der Waals surface area contributed by atoms with Crippen molar-refractivity contribution in [3.63, 3.8) is 0 Å². The van der Waals surface area contributed by atoms with Crippen molar-refractivity contribution in [2.75, 3.05) is 13.6 Å². The van der Waals surface area contributed by atoms with Crippen LogP contribution in [-0.4, -0.2) is 24.5 Å². The second-order valence-corrected chi connectivity index (χ2v) is 5.07. The van der Waals surface area contributed by atoms with E-state index in [4.69, 9.17) is 4.42 Å². The molecule has 0 aliphatic rings. The number of hydrogen-bond acceptors (Lipinski definition) is 3. The molecule has 98 valence electrons. The average Bonchev–Trinajstić information content (AvgIpc) is 2.56. The van der Waals surface area contributed by atoms with Crippen molar-refractivity contribution in [3.05, 3.63) is 23.2 Å². The number of furan rings is 1. The maximum atomic E-state index is 5.78. The molecule has 17 heavy (non-hydrogen) atoms. The third-order valence-electron chi connectivity index (χ3n) is 2.80. The van der Waals surface area contributed by atoms with Crippen LogP contribution in [0.25, 0.3) is 0 Å². The first-order valence-corrected chi connectivity index (χ1v) is 6.53. The maximum absolute atomic E-state index is 5.78. The summed E-state index contributed by atoms with van der Waals surface area (Å²) in [4.78, 5) is 2.29. The summed E-state index contributed by atoms with van der Waals surface area (Å²) in [6, 6.07) is 2.69. The van der Waals surface area contributed by atoms with Crippen molar-refractivity contribution < 1.29 is 4.42 Å². The highest BCUT2D eigenvalue weighted by atomic mass is 16.3. The number of nitrogens with zero attached hydrogens (tertiary/aromatic N) is 1. The summed E-state index contributed by atoms with van der Waals surface area (Å²) in [5, 5.41) is 3.42. The lowest BCUT2D eigenvalue weighted by molar-refractivity contribution is 0.293. The van der Waals surface area contributed by atoms with E-state index in [1.54, 1.807) is 0 Å². The van der Waals surface area contributed by atoms with Crippen LogP contribution in [0.15, 0.2) is 10.5 Å². The Balaban J connectivity index is 2.55. The van der Waals surface area contributed by atoms with Crippen LogP contribution >= 0.6 is 0 Å². The molecule has 0 aliphatic heterocycles. The van der Waals surface area contributed by atoms with Gasteiger partial charge in [0.05, 0.1) is 6.54 Å². The lowest BCUT2D eigenvalue weighted by Crippen LogP contribution is -2.21. The van der Waals surface area contributed by atoms with Crippen LogP contribution in [0, 0.1) is 6.92 Å². The third-order valence-corrected chi connectivity index (χ3v) is 2.80. The van der Waals surface area contributed by atoms with Crippen molar-refractivity contribution >= 4 is 0 Å². The van der Waals surface area contributed by atoms with E-state index < -0.39 is 0 Å². The number of nitrogens with one attached hydrogen (secondary N) is 1. The summed E-state index contributed by atoms with van der Waals surface area (Å²) >= 11 is 0. The van der Waals surface area contributed by atoms with E-state index in [1.807, 2.05) is 6.92 Å². The predicted octanol–water partition coefficient (Wildman–Crippen LogP) is 2.93. The maximum Gasteiger partial charge on any atom is 0.118 e. The Hall–Kier alpha value is -0.800. The van der Waals surface area contributed by atoms with E-state index in [0.717, 1.165) is 31.2 Å². The van der Waals surface area contributed by atoms with Gasteiger partial charge in [-0.1, -0.05) is 20.8 Å². The lowest BCUT2D eigenvalue weighted by atomic mass is 10.2. The molecule has 3 heteroatoms. The number of rotatable bonds is 7. The molecule has 1 heterocycles. The van der Waals surface area contributed by atoms with Crippen LogP contribution < -0.4 is 5.32 Å². The third kappa shape index (κ3) is 4.92. The van der Waals surface area contributed by atoms with Gasteiger partial charge < -0.3 is 9.73 Å². The molecule has 1 N–H and O–H groups in total. The fourth-order valence-corrected chi connectivity index (χ4v) is 1.88. The first kappa shape index (κ1) is 14.3. The second-order valence-electron chi connectivity index (χ2n) is 5.07. The summed E-state index contributed by atoms with van der Waals surface area (Å²) < 4.78 is 5.78. The Bertz CT molecular complexity index is 331. The van der Waals surface area contributed by atoms with E-state index in [0.29, 0.717) is 6.04 Å². The molecular formula is C14H26N2O. The van der Waals surface area contributed by atoms with Crippen LogP contribution in [0.3, 0.4) is 0 Å². The smallest absolute Gasteiger partial charge is 0.118 e. The summed E-state index contributed by atoms with van der Waals surface area (Å²) in [7, 11) is 2.13. The molecule has 1 aromatic heterocycles. The molecule has 0 unspecified atom stereocenters. The zero-order valence-electron chi connectivity index (χ0n) is 11.8. The SMILES string of the molecule is CCCN(C)Cc1cc(CNC(C)C)c(C)o1. The van der Waals surface area contributed by atoms with Gasteiger partial charge in [0.1, 0.15) is 11.5 Å². The zero-order valence-corrected chi connectivity index (χ0v) is 11.8. The average molecular weight is 238 g/mol. The van der Waals surface area contributed by atoms with Crippen molar-refractivity contribution in [1.29, 1.82) is 0 Å². The molecule has 0 fully saturated rings. The normalized spacial score (nSPS) is 11.7. The van der Waals surface area contributed by atoms with Crippen molar-refractivity contribution in [2.45, 2.75) is 53.2 Å². The molecule has 0 radical (unpaired) electrons. The molecule has 0 atom stereocenters. The van der Waals surface area contributed by atoms with Gasteiger partial charge in [-0.2, -0.15) is 0 Å². The van der Waals surface area contributed by atoms with E-state index >= 15 is 0 Å². The standard InChI is InChI=1S/C14H26N2O/c1-6-7-16(5)10-14-8-13(12(4)17-14)9-15-11(2)3/h8,11,15H,6-7,9-10H2,1-5H3. The van der Waals surface area contributed by atoms with Gasteiger partial charge in [-0.25, -0.2) is 0 Å². The Kier molecular flexibility index (Phi) is 5.72. The van der Waals surface area contributed by atoms with Crippen LogP contribution in [0.2, 0.25) is 0 Å². The molecule has 0 saturated carbocycles.